The Morgan fingerprint density at radius 1 is 0.944 bits per heavy atom. The number of aliphatic hydroxyl groups is 4. The Kier molecular flexibility index (Phi) is 5.77. The molecule has 5 N–H and O–H groups in total. The molecule has 4 fully saturated rings. The van der Waals surface area contributed by atoms with Gasteiger partial charge in [0.1, 0.15) is 0 Å². The van der Waals surface area contributed by atoms with E-state index in [-0.39, 0.29) is 46.0 Å². The molecule has 0 spiro atoms. The van der Waals surface area contributed by atoms with Crippen molar-refractivity contribution >= 4 is 5.97 Å². The first kappa shape index (κ1) is 26.6. The minimum absolute atomic E-state index is 0.0778. The summed E-state index contributed by atoms with van der Waals surface area (Å²) in [5, 5.41) is 53.8. The largest absolute Gasteiger partial charge is 0.481 e. The number of allylic oxidation sites excluding steroid dienone is 2. The molecule has 6 heteroatoms. The van der Waals surface area contributed by atoms with Crippen LogP contribution in [0.5, 0.6) is 0 Å². The molecule has 6 nitrogen and oxygen atoms in total. The van der Waals surface area contributed by atoms with Crippen molar-refractivity contribution in [1.82, 2.24) is 0 Å². The van der Waals surface area contributed by atoms with Crippen molar-refractivity contribution in [3.63, 3.8) is 0 Å². The van der Waals surface area contributed by atoms with Gasteiger partial charge in [-0.25, -0.2) is 0 Å². The summed E-state index contributed by atoms with van der Waals surface area (Å²) in [7, 11) is 0. The summed E-state index contributed by atoms with van der Waals surface area (Å²) in [4.78, 5) is 12.8. The van der Waals surface area contributed by atoms with Crippen LogP contribution >= 0.6 is 0 Å². The fraction of sp³-hybridized carbons (Fsp3) is 0.900. The van der Waals surface area contributed by atoms with Crippen molar-refractivity contribution in [3.8, 4) is 0 Å². The van der Waals surface area contributed by atoms with Crippen molar-refractivity contribution < 1.29 is 30.3 Å². The van der Waals surface area contributed by atoms with Gasteiger partial charge in [-0.3, -0.25) is 4.79 Å². The number of aliphatic hydroxyl groups excluding tert-OH is 4. The van der Waals surface area contributed by atoms with Crippen LogP contribution in [0.3, 0.4) is 0 Å². The zero-order chi connectivity index (χ0) is 26.7. The molecule has 0 aromatic rings. The molecule has 0 bridgehead atoms. The van der Waals surface area contributed by atoms with Gasteiger partial charge in [-0.1, -0.05) is 53.2 Å². The summed E-state index contributed by atoms with van der Waals surface area (Å²) in [5.74, 6) is -0.478. The Morgan fingerprint density at radius 2 is 1.61 bits per heavy atom. The topological polar surface area (TPSA) is 118 Å². The summed E-state index contributed by atoms with van der Waals surface area (Å²) < 4.78 is 0. The lowest BCUT2D eigenvalue weighted by molar-refractivity contribution is -0.244. The van der Waals surface area contributed by atoms with Crippen molar-refractivity contribution in [2.45, 2.75) is 111 Å². The molecule has 11 atom stereocenters. The molecule has 204 valence electrons. The van der Waals surface area contributed by atoms with Crippen LogP contribution in [0.25, 0.3) is 0 Å². The van der Waals surface area contributed by atoms with E-state index in [0.717, 1.165) is 25.7 Å². The predicted octanol–water partition coefficient (Wildman–Crippen LogP) is 4.15. The second-order valence-electron chi connectivity index (χ2n) is 15.1. The molecule has 0 heterocycles. The maximum atomic E-state index is 12.8. The lowest BCUT2D eigenvalue weighted by Gasteiger charge is -2.71. The van der Waals surface area contributed by atoms with E-state index < -0.39 is 35.1 Å². The third-order valence-corrected chi connectivity index (χ3v) is 13.3. The molecule has 4 saturated carbocycles. The van der Waals surface area contributed by atoms with Gasteiger partial charge in [-0.05, 0) is 90.8 Å². The lowest BCUT2D eigenvalue weighted by Crippen LogP contribution is -2.68. The quantitative estimate of drug-likeness (QED) is 0.361. The van der Waals surface area contributed by atoms with Gasteiger partial charge in [0.05, 0.1) is 30.3 Å². The van der Waals surface area contributed by atoms with Gasteiger partial charge in [0.15, 0.2) is 0 Å². The van der Waals surface area contributed by atoms with Gasteiger partial charge < -0.3 is 25.5 Å². The summed E-state index contributed by atoms with van der Waals surface area (Å²) in [6.07, 6.45) is 5.47. The maximum Gasteiger partial charge on any atom is 0.310 e. The average molecular weight is 505 g/mol. The zero-order valence-electron chi connectivity index (χ0n) is 23.0. The van der Waals surface area contributed by atoms with Gasteiger partial charge in [0.2, 0.25) is 0 Å². The first-order valence-corrected chi connectivity index (χ1v) is 14.1. The Morgan fingerprint density at radius 3 is 2.22 bits per heavy atom. The highest BCUT2D eigenvalue weighted by molar-refractivity contribution is 5.77. The van der Waals surface area contributed by atoms with Gasteiger partial charge >= 0.3 is 5.97 Å². The van der Waals surface area contributed by atoms with E-state index in [9.17, 15) is 30.3 Å². The second-order valence-corrected chi connectivity index (χ2v) is 15.1. The number of rotatable bonds is 2. The number of fused-ring (bicyclic) bond motifs is 7. The van der Waals surface area contributed by atoms with E-state index in [1.54, 1.807) is 0 Å². The van der Waals surface area contributed by atoms with Crippen LogP contribution in [0.4, 0.5) is 0 Å². The van der Waals surface area contributed by atoms with Crippen molar-refractivity contribution in [2.24, 2.45) is 50.2 Å². The van der Waals surface area contributed by atoms with E-state index in [2.05, 4.69) is 40.7 Å². The molecule has 0 aromatic heterocycles. The van der Waals surface area contributed by atoms with Gasteiger partial charge in [0, 0.05) is 5.41 Å². The fourth-order valence-electron chi connectivity index (χ4n) is 10.8. The molecule has 0 radical (unpaired) electrons. The third kappa shape index (κ3) is 3.02. The number of hydrogen-bond acceptors (Lipinski definition) is 5. The highest BCUT2D eigenvalue weighted by Gasteiger charge is 2.71. The van der Waals surface area contributed by atoms with Crippen LogP contribution in [0.15, 0.2) is 11.6 Å². The molecular weight excluding hydrogens is 456 g/mol. The first-order chi connectivity index (χ1) is 16.5. The second kappa shape index (κ2) is 7.80. The van der Waals surface area contributed by atoms with Crippen LogP contribution in [0.2, 0.25) is 0 Å². The van der Waals surface area contributed by atoms with Crippen LogP contribution in [-0.2, 0) is 4.79 Å². The van der Waals surface area contributed by atoms with E-state index >= 15 is 0 Å². The molecule has 0 amide bonds. The highest BCUT2D eigenvalue weighted by atomic mass is 16.4. The minimum Gasteiger partial charge on any atom is -0.481 e. The number of carboxylic acids is 1. The van der Waals surface area contributed by atoms with Crippen LogP contribution in [-0.4, -0.2) is 56.4 Å². The van der Waals surface area contributed by atoms with Crippen molar-refractivity contribution in [2.75, 3.05) is 6.61 Å². The third-order valence-electron chi connectivity index (χ3n) is 13.3. The Bertz CT molecular complexity index is 974. The minimum atomic E-state index is -0.933. The van der Waals surface area contributed by atoms with Crippen LogP contribution < -0.4 is 0 Å². The molecule has 5 aliphatic rings. The monoisotopic (exact) mass is 504 g/mol. The normalized spacial score (nSPS) is 55.9. The molecule has 5 rings (SSSR count). The van der Waals surface area contributed by atoms with E-state index in [4.69, 9.17) is 0 Å². The SMILES string of the molecule is CC1(C)C[C@H]2C3=CC[C@@H]4[C@@]5(C)C[C@@H](O)[C@H](O)[C@@](C)(CO)[C@H]5CC[C@@]4(C)[C@]3(C)CC[C@@]2(C(=O)O)C[C@@H]1O. The van der Waals surface area contributed by atoms with Gasteiger partial charge in [-0.2, -0.15) is 0 Å². The molecule has 0 unspecified atom stereocenters. The molecule has 36 heavy (non-hydrogen) atoms. The average Bonchev–Trinajstić information content (AvgIpc) is 2.79. The fourth-order valence-corrected chi connectivity index (χ4v) is 10.8. The maximum absolute atomic E-state index is 12.8. The van der Waals surface area contributed by atoms with Gasteiger partial charge in [0.25, 0.3) is 0 Å². The van der Waals surface area contributed by atoms with E-state index in [0.29, 0.717) is 25.7 Å². The first-order valence-electron chi connectivity index (χ1n) is 14.1. The smallest absolute Gasteiger partial charge is 0.310 e. The number of hydrogen-bond donors (Lipinski definition) is 5. The Labute approximate surface area is 216 Å². The predicted molar refractivity (Wildman–Crippen MR) is 137 cm³/mol. The van der Waals surface area contributed by atoms with Crippen LogP contribution in [0.1, 0.15) is 92.9 Å². The lowest BCUT2D eigenvalue weighted by atomic mass is 9.33. The highest BCUT2D eigenvalue weighted by Crippen LogP contribution is 2.75. The summed E-state index contributed by atoms with van der Waals surface area (Å²) >= 11 is 0. The van der Waals surface area contributed by atoms with Crippen molar-refractivity contribution in [3.05, 3.63) is 11.6 Å². The Balaban J connectivity index is 1.61. The Hall–Kier alpha value is -0.950. The number of carbonyl (C=O) groups is 1. The number of carboxylic acid groups (broad SMARTS) is 1. The summed E-state index contributed by atoms with van der Waals surface area (Å²) in [6, 6.07) is 0. The standard InChI is InChI=1S/C30H48O6/c1-25(2)13-18-17-7-8-21-26(3)14-19(32)23(34)27(4,16-31)20(26)9-10-29(21,6)28(17,5)11-12-30(18,24(35)36)15-22(25)33/h7,18-23,31-34H,8-16H2,1-6H3,(H,35,36)/t18-,19+,20-,21+,22-,23-,26-,27-,28+,29+,30+/m0/s1. The molecule has 5 aliphatic carbocycles. The van der Waals surface area contributed by atoms with E-state index in [1.807, 2.05) is 6.92 Å². The number of aliphatic carboxylic acids is 1. The molecule has 0 saturated heterocycles. The van der Waals surface area contributed by atoms with Crippen molar-refractivity contribution in [1.29, 1.82) is 0 Å². The molecular formula is C30H48O6. The van der Waals surface area contributed by atoms with Gasteiger partial charge in [-0.15, -0.1) is 0 Å². The molecule has 0 aromatic carbocycles. The summed E-state index contributed by atoms with van der Waals surface area (Å²) in [6.45, 7) is 13.0. The zero-order valence-corrected chi connectivity index (χ0v) is 23.0. The summed E-state index contributed by atoms with van der Waals surface area (Å²) in [5.41, 5.74) is -1.18. The molecule has 0 aliphatic heterocycles. The van der Waals surface area contributed by atoms with E-state index in [1.165, 1.54) is 5.57 Å². The van der Waals surface area contributed by atoms with Crippen LogP contribution in [0, 0.1) is 50.2 Å².